The summed E-state index contributed by atoms with van der Waals surface area (Å²) in [6.45, 7) is 10.2. The minimum absolute atomic E-state index is 0.0215. The summed E-state index contributed by atoms with van der Waals surface area (Å²) in [5.74, 6) is -0.652. The van der Waals surface area contributed by atoms with Crippen LogP contribution in [0.1, 0.15) is 68.9 Å². The van der Waals surface area contributed by atoms with Crippen LogP contribution in [0.15, 0.2) is 67.1 Å². The minimum atomic E-state index is -0.842. The molecule has 2 N–H and O–H groups in total. The van der Waals surface area contributed by atoms with Gasteiger partial charge >= 0.3 is 0 Å². The molecule has 0 radical (unpaired) electrons. The number of fused-ring (bicyclic) bond motifs is 1. The van der Waals surface area contributed by atoms with Crippen molar-refractivity contribution < 1.29 is 23.9 Å². The number of aromatic amines is 1. The van der Waals surface area contributed by atoms with Crippen LogP contribution >= 0.6 is 0 Å². The van der Waals surface area contributed by atoms with Crippen LogP contribution < -0.4 is 15.1 Å². The molecule has 5 unspecified atom stereocenters. The lowest BCUT2D eigenvalue weighted by Crippen LogP contribution is -2.58. The fourth-order valence-corrected chi connectivity index (χ4v) is 8.18. The smallest absolute Gasteiger partial charge is 0.277 e. The highest BCUT2D eigenvalue weighted by Crippen LogP contribution is 2.40. The quantitative estimate of drug-likeness (QED) is 0.352. The van der Waals surface area contributed by atoms with Crippen molar-refractivity contribution in [3.05, 3.63) is 78.4 Å². The van der Waals surface area contributed by atoms with Gasteiger partial charge in [-0.05, 0) is 67.3 Å². The molecule has 0 spiro atoms. The van der Waals surface area contributed by atoms with E-state index in [9.17, 15) is 14.4 Å². The number of para-hydroxylation sites is 1. The Kier molecular flexibility index (Phi) is 9.97. The summed E-state index contributed by atoms with van der Waals surface area (Å²) in [6.07, 6.45) is 6.49. The van der Waals surface area contributed by atoms with E-state index < -0.39 is 6.04 Å². The Morgan fingerprint density at radius 2 is 1.72 bits per heavy atom. The molecule has 2 aromatic carbocycles. The van der Waals surface area contributed by atoms with Crippen LogP contribution in [0.4, 0.5) is 11.4 Å². The third kappa shape index (κ3) is 7.16. The molecule has 266 valence electrons. The molecule has 7 rings (SSSR count). The number of amides is 3. The number of imidazole rings is 1. The number of ether oxygens (including phenoxy) is 2. The van der Waals surface area contributed by atoms with E-state index in [0.29, 0.717) is 50.5 Å². The number of H-pyrrole nitrogens is 1. The molecule has 5 heterocycles. The first-order valence-electron chi connectivity index (χ1n) is 18.2. The Labute approximate surface area is 294 Å². The lowest BCUT2D eigenvalue weighted by atomic mass is 9.82. The van der Waals surface area contributed by atoms with Crippen molar-refractivity contribution in [2.24, 2.45) is 17.8 Å². The average molecular weight is 683 g/mol. The van der Waals surface area contributed by atoms with Crippen molar-refractivity contribution >= 4 is 29.1 Å². The second kappa shape index (κ2) is 14.6. The summed E-state index contributed by atoms with van der Waals surface area (Å²) in [5, 5.41) is 3.33. The van der Waals surface area contributed by atoms with Gasteiger partial charge < -0.3 is 29.6 Å². The van der Waals surface area contributed by atoms with E-state index in [-0.39, 0.29) is 53.2 Å². The van der Waals surface area contributed by atoms with E-state index in [0.717, 1.165) is 43.6 Å². The predicted molar refractivity (Wildman–Crippen MR) is 191 cm³/mol. The fourth-order valence-electron chi connectivity index (χ4n) is 8.18. The van der Waals surface area contributed by atoms with Crippen molar-refractivity contribution in [2.75, 3.05) is 49.2 Å². The molecule has 4 fully saturated rings. The molecular weight excluding hydrogens is 632 g/mol. The maximum Gasteiger partial charge on any atom is 0.277 e. The second-order valence-corrected chi connectivity index (χ2v) is 15.3. The number of carbonyl (C=O) groups is 3. The van der Waals surface area contributed by atoms with Crippen molar-refractivity contribution in [2.45, 2.75) is 76.7 Å². The van der Waals surface area contributed by atoms with Gasteiger partial charge in [-0.2, -0.15) is 0 Å². The van der Waals surface area contributed by atoms with E-state index in [2.05, 4.69) is 53.1 Å². The average Bonchev–Trinajstić information content (AvgIpc) is 3.93. The van der Waals surface area contributed by atoms with E-state index in [1.807, 2.05) is 47.4 Å². The predicted octanol–water partition coefficient (Wildman–Crippen LogP) is 4.76. The zero-order valence-corrected chi connectivity index (χ0v) is 29.4. The van der Waals surface area contributed by atoms with Gasteiger partial charge in [-0.1, -0.05) is 51.1 Å². The van der Waals surface area contributed by atoms with Crippen LogP contribution in [-0.4, -0.2) is 90.4 Å². The first kappa shape index (κ1) is 34.2. The summed E-state index contributed by atoms with van der Waals surface area (Å²) in [7, 11) is 0. The molecule has 11 nitrogen and oxygen atoms in total. The fraction of sp³-hybridized carbons (Fsp3) is 0.538. The van der Waals surface area contributed by atoms with Crippen LogP contribution in [-0.2, 0) is 24.5 Å². The van der Waals surface area contributed by atoms with Gasteiger partial charge in [0.25, 0.3) is 5.91 Å². The number of likely N-dealkylation sites (tertiary alicyclic amines) is 1. The molecule has 3 aromatic rings. The molecule has 50 heavy (non-hydrogen) atoms. The number of aromatic nitrogens is 2. The van der Waals surface area contributed by atoms with E-state index in [1.165, 1.54) is 12.5 Å². The standard InChI is InChI=1S/C39H50N6O5/c1-39(2,3)27-11-13-30(14-12-27)45(37(48)33-22-40-25-41-33)34(32-24-50-38-31(32)10-7-21-49-38)35(46)42-28-16-19-43(20-17-28)36(47)26-15-18-44(23-26)29-8-5-4-6-9-29/h4-6,8-9,11-14,22,25-26,28,31-32,34,38H,7,10,15-21,23-24H2,1-3H3,(H,40,41)(H,42,46). The van der Waals surface area contributed by atoms with Crippen LogP contribution in [0.3, 0.4) is 0 Å². The summed E-state index contributed by atoms with van der Waals surface area (Å²) in [5.41, 5.74) is 3.16. The van der Waals surface area contributed by atoms with Crippen LogP contribution in [0, 0.1) is 17.8 Å². The highest BCUT2D eigenvalue weighted by molar-refractivity contribution is 6.09. The molecule has 0 bridgehead atoms. The van der Waals surface area contributed by atoms with Crippen LogP contribution in [0.25, 0.3) is 0 Å². The largest absolute Gasteiger partial charge is 0.371 e. The monoisotopic (exact) mass is 682 g/mol. The van der Waals surface area contributed by atoms with Gasteiger partial charge in [0.05, 0.1) is 25.0 Å². The minimum Gasteiger partial charge on any atom is -0.371 e. The third-order valence-electron chi connectivity index (χ3n) is 11.0. The molecule has 0 saturated carbocycles. The highest BCUT2D eigenvalue weighted by atomic mass is 16.7. The van der Waals surface area contributed by atoms with E-state index in [4.69, 9.17) is 9.47 Å². The molecule has 3 amide bonds. The zero-order chi connectivity index (χ0) is 34.8. The highest BCUT2D eigenvalue weighted by Gasteiger charge is 2.50. The molecule has 0 aliphatic carbocycles. The third-order valence-corrected chi connectivity index (χ3v) is 11.0. The van der Waals surface area contributed by atoms with Gasteiger partial charge in [0, 0.05) is 62.0 Å². The number of hydrogen-bond donors (Lipinski definition) is 2. The first-order valence-corrected chi connectivity index (χ1v) is 18.2. The lowest BCUT2D eigenvalue weighted by molar-refractivity contribution is -0.151. The van der Waals surface area contributed by atoms with Crippen molar-refractivity contribution in [3.8, 4) is 0 Å². The van der Waals surface area contributed by atoms with Crippen LogP contribution in [0.5, 0.6) is 0 Å². The number of carbonyl (C=O) groups excluding carboxylic acids is 3. The SMILES string of the molecule is CC(C)(C)c1ccc(N(C(=O)c2cnc[nH]2)C(C(=O)NC2CCN(C(=O)C3CCN(c4ccccc4)C3)CC2)C2COC3OCCCC32)cc1. The molecule has 11 heteroatoms. The van der Waals surface area contributed by atoms with Crippen LogP contribution in [0.2, 0.25) is 0 Å². The van der Waals surface area contributed by atoms with Gasteiger partial charge in [-0.3, -0.25) is 19.3 Å². The van der Waals surface area contributed by atoms with E-state index in [1.54, 1.807) is 4.90 Å². The lowest BCUT2D eigenvalue weighted by Gasteiger charge is -2.39. The van der Waals surface area contributed by atoms with Crippen molar-refractivity contribution in [1.29, 1.82) is 0 Å². The maximum atomic E-state index is 14.7. The Morgan fingerprint density at radius 1 is 0.960 bits per heavy atom. The summed E-state index contributed by atoms with van der Waals surface area (Å²) in [4.78, 5) is 55.6. The number of rotatable bonds is 8. The van der Waals surface area contributed by atoms with Gasteiger partial charge in [0.15, 0.2) is 6.29 Å². The summed E-state index contributed by atoms with van der Waals surface area (Å²) in [6, 6.07) is 17.2. The van der Waals surface area contributed by atoms with E-state index >= 15 is 0 Å². The number of nitrogens with zero attached hydrogens (tertiary/aromatic N) is 4. The molecule has 4 saturated heterocycles. The first-order chi connectivity index (χ1) is 24.2. The second-order valence-electron chi connectivity index (χ2n) is 15.3. The summed E-state index contributed by atoms with van der Waals surface area (Å²) >= 11 is 0. The topological polar surface area (TPSA) is 120 Å². The molecule has 4 aliphatic heterocycles. The van der Waals surface area contributed by atoms with Gasteiger partial charge in [-0.15, -0.1) is 0 Å². The normalized spacial score (nSPS) is 24.9. The van der Waals surface area contributed by atoms with Gasteiger partial charge in [0.1, 0.15) is 11.7 Å². The Morgan fingerprint density at radius 3 is 2.42 bits per heavy atom. The number of piperidine rings is 1. The Hall–Kier alpha value is -4.22. The number of hydrogen-bond acceptors (Lipinski definition) is 7. The zero-order valence-electron chi connectivity index (χ0n) is 29.4. The number of nitrogens with one attached hydrogen (secondary N) is 2. The van der Waals surface area contributed by atoms with Crippen molar-refractivity contribution in [1.82, 2.24) is 20.2 Å². The molecule has 5 atom stereocenters. The number of anilines is 2. The van der Waals surface area contributed by atoms with Gasteiger partial charge in [0.2, 0.25) is 11.8 Å². The summed E-state index contributed by atoms with van der Waals surface area (Å²) < 4.78 is 12.1. The molecule has 4 aliphatic rings. The number of benzene rings is 2. The maximum absolute atomic E-state index is 14.7. The molecular formula is C39H50N6O5. The Balaban J connectivity index is 1.09. The van der Waals surface area contributed by atoms with Gasteiger partial charge in [-0.25, -0.2) is 4.98 Å². The molecule has 1 aromatic heterocycles. The van der Waals surface area contributed by atoms with Crippen molar-refractivity contribution in [3.63, 3.8) is 0 Å². The Bertz CT molecular complexity index is 1620.